The van der Waals surface area contributed by atoms with Gasteiger partial charge in [-0.2, -0.15) is 0 Å². The fourth-order valence-electron chi connectivity index (χ4n) is 3.71. The summed E-state index contributed by atoms with van der Waals surface area (Å²) in [4.78, 5) is 16.9. The Labute approximate surface area is 158 Å². The number of benzene rings is 1. The first kappa shape index (κ1) is 18.9. The summed E-state index contributed by atoms with van der Waals surface area (Å²) in [5, 5.41) is 4.05. The van der Waals surface area contributed by atoms with Gasteiger partial charge in [-0.25, -0.2) is 4.39 Å². The number of piperazine rings is 1. The fourth-order valence-corrected chi connectivity index (χ4v) is 3.71. The molecule has 2 aromatic rings. The second kappa shape index (κ2) is 8.18. The van der Waals surface area contributed by atoms with Gasteiger partial charge in [-0.05, 0) is 37.0 Å². The lowest BCUT2D eigenvalue weighted by Gasteiger charge is -2.34. The number of halogens is 2. The Bertz CT molecular complexity index is 772. The van der Waals surface area contributed by atoms with Gasteiger partial charge in [0.25, 0.3) is 5.91 Å². The molecule has 2 aliphatic rings. The minimum Gasteiger partial charge on any atom is -0.360 e. The van der Waals surface area contributed by atoms with E-state index in [9.17, 15) is 9.18 Å². The Morgan fingerprint density at radius 1 is 1.15 bits per heavy atom. The molecular formula is C19H23ClFN3O2. The van der Waals surface area contributed by atoms with Gasteiger partial charge in [0.15, 0.2) is 5.69 Å². The van der Waals surface area contributed by atoms with E-state index in [2.05, 4.69) is 10.1 Å². The lowest BCUT2D eigenvalue weighted by atomic mass is 9.96. The Kier molecular flexibility index (Phi) is 5.94. The Morgan fingerprint density at radius 2 is 1.92 bits per heavy atom. The van der Waals surface area contributed by atoms with Crippen LogP contribution in [-0.4, -0.2) is 47.0 Å². The van der Waals surface area contributed by atoms with E-state index in [4.69, 9.17) is 4.52 Å². The molecule has 1 aliphatic heterocycles. The number of carbonyl (C=O) groups excluding carboxylic acids is 1. The Balaban J connectivity index is 0.00000196. The van der Waals surface area contributed by atoms with Crippen molar-refractivity contribution in [3.8, 4) is 0 Å². The van der Waals surface area contributed by atoms with Crippen molar-refractivity contribution in [1.82, 2.24) is 15.0 Å². The first-order chi connectivity index (χ1) is 12.2. The van der Waals surface area contributed by atoms with Crippen LogP contribution in [0.1, 0.15) is 40.2 Å². The second-order valence-electron chi connectivity index (χ2n) is 6.84. The van der Waals surface area contributed by atoms with E-state index in [1.54, 1.807) is 12.1 Å². The van der Waals surface area contributed by atoms with E-state index in [0.29, 0.717) is 25.3 Å². The minimum atomic E-state index is -0.206. The van der Waals surface area contributed by atoms with Gasteiger partial charge < -0.3 is 9.42 Å². The number of aryl methyl sites for hydroxylation is 1. The molecule has 2 heterocycles. The van der Waals surface area contributed by atoms with Crippen molar-refractivity contribution in [2.45, 2.75) is 32.2 Å². The van der Waals surface area contributed by atoms with Crippen LogP contribution < -0.4 is 0 Å². The SMILES string of the molecule is Cl.O=C(c1noc2c1CCCC2)N1CCN(Cc2cccc(F)c2)CC1. The summed E-state index contributed by atoms with van der Waals surface area (Å²) in [5.74, 6) is 0.666. The summed E-state index contributed by atoms with van der Waals surface area (Å²) in [5.41, 5.74) is 2.48. The average Bonchev–Trinajstić information content (AvgIpc) is 3.06. The molecule has 1 saturated heterocycles. The monoisotopic (exact) mass is 379 g/mol. The van der Waals surface area contributed by atoms with Crippen molar-refractivity contribution in [2.24, 2.45) is 0 Å². The summed E-state index contributed by atoms with van der Waals surface area (Å²) in [7, 11) is 0. The lowest BCUT2D eigenvalue weighted by Crippen LogP contribution is -2.48. The van der Waals surface area contributed by atoms with Crippen LogP contribution in [0.3, 0.4) is 0 Å². The number of aromatic nitrogens is 1. The maximum Gasteiger partial charge on any atom is 0.276 e. The van der Waals surface area contributed by atoms with Crippen molar-refractivity contribution in [2.75, 3.05) is 26.2 Å². The molecular weight excluding hydrogens is 357 g/mol. The van der Waals surface area contributed by atoms with Gasteiger partial charge in [0.1, 0.15) is 11.6 Å². The number of fused-ring (bicyclic) bond motifs is 1. The van der Waals surface area contributed by atoms with Crippen LogP contribution in [0.25, 0.3) is 0 Å². The van der Waals surface area contributed by atoms with E-state index < -0.39 is 0 Å². The third kappa shape index (κ3) is 3.91. The maximum absolute atomic E-state index is 13.3. The number of nitrogens with zero attached hydrogens (tertiary/aromatic N) is 3. The predicted octanol–water partition coefficient (Wildman–Crippen LogP) is 3.07. The van der Waals surface area contributed by atoms with E-state index in [0.717, 1.165) is 55.7 Å². The molecule has 0 N–H and O–H groups in total. The molecule has 1 aliphatic carbocycles. The van der Waals surface area contributed by atoms with Crippen LogP contribution in [0, 0.1) is 5.82 Å². The average molecular weight is 380 g/mol. The maximum atomic E-state index is 13.3. The molecule has 0 saturated carbocycles. The van der Waals surface area contributed by atoms with Crippen LogP contribution in [0.15, 0.2) is 28.8 Å². The van der Waals surface area contributed by atoms with Gasteiger partial charge in [-0.1, -0.05) is 17.3 Å². The van der Waals surface area contributed by atoms with Gasteiger partial charge in [0.2, 0.25) is 0 Å². The molecule has 0 bridgehead atoms. The number of rotatable bonds is 3. The minimum absolute atomic E-state index is 0. The van der Waals surface area contributed by atoms with Crippen LogP contribution in [-0.2, 0) is 19.4 Å². The molecule has 26 heavy (non-hydrogen) atoms. The van der Waals surface area contributed by atoms with Gasteiger partial charge in [-0.3, -0.25) is 9.69 Å². The zero-order chi connectivity index (χ0) is 17.2. The zero-order valence-electron chi connectivity index (χ0n) is 14.6. The van der Waals surface area contributed by atoms with Crippen molar-refractivity contribution in [3.63, 3.8) is 0 Å². The summed E-state index contributed by atoms with van der Waals surface area (Å²) < 4.78 is 18.7. The quantitative estimate of drug-likeness (QED) is 0.822. The molecule has 1 aromatic heterocycles. The van der Waals surface area contributed by atoms with Crippen molar-refractivity contribution in [1.29, 1.82) is 0 Å². The van der Waals surface area contributed by atoms with Gasteiger partial charge in [0.05, 0.1) is 0 Å². The van der Waals surface area contributed by atoms with Crippen LogP contribution in [0.5, 0.6) is 0 Å². The van der Waals surface area contributed by atoms with E-state index in [1.165, 1.54) is 6.07 Å². The molecule has 0 unspecified atom stereocenters. The Hall–Kier alpha value is -1.92. The number of hydrogen-bond acceptors (Lipinski definition) is 4. The smallest absolute Gasteiger partial charge is 0.276 e. The molecule has 0 atom stereocenters. The van der Waals surface area contributed by atoms with Gasteiger partial charge >= 0.3 is 0 Å². The molecule has 0 radical (unpaired) electrons. The van der Waals surface area contributed by atoms with Gasteiger partial charge in [0, 0.05) is 44.7 Å². The normalized spacial score (nSPS) is 17.5. The van der Waals surface area contributed by atoms with Crippen LogP contribution in [0.2, 0.25) is 0 Å². The van der Waals surface area contributed by atoms with Crippen LogP contribution >= 0.6 is 12.4 Å². The van der Waals surface area contributed by atoms with Crippen LogP contribution in [0.4, 0.5) is 4.39 Å². The molecule has 1 fully saturated rings. The second-order valence-corrected chi connectivity index (χ2v) is 6.84. The number of carbonyl (C=O) groups is 1. The Morgan fingerprint density at radius 3 is 2.69 bits per heavy atom. The van der Waals surface area contributed by atoms with E-state index in [-0.39, 0.29) is 24.1 Å². The van der Waals surface area contributed by atoms with Crippen molar-refractivity contribution in [3.05, 3.63) is 52.7 Å². The zero-order valence-corrected chi connectivity index (χ0v) is 15.4. The highest BCUT2D eigenvalue weighted by molar-refractivity contribution is 5.94. The highest BCUT2D eigenvalue weighted by Gasteiger charge is 2.29. The summed E-state index contributed by atoms with van der Waals surface area (Å²) >= 11 is 0. The first-order valence-corrected chi connectivity index (χ1v) is 8.94. The molecule has 0 spiro atoms. The number of hydrogen-bond donors (Lipinski definition) is 0. The van der Waals surface area contributed by atoms with Crippen molar-refractivity contribution < 1.29 is 13.7 Å². The van der Waals surface area contributed by atoms with Crippen molar-refractivity contribution >= 4 is 18.3 Å². The fraction of sp³-hybridized carbons (Fsp3) is 0.474. The highest BCUT2D eigenvalue weighted by Crippen LogP contribution is 2.25. The highest BCUT2D eigenvalue weighted by atomic mass is 35.5. The third-order valence-corrected chi connectivity index (χ3v) is 5.11. The molecule has 7 heteroatoms. The summed E-state index contributed by atoms with van der Waals surface area (Å²) in [6, 6.07) is 6.69. The molecule has 140 valence electrons. The molecule has 1 aromatic carbocycles. The summed E-state index contributed by atoms with van der Waals surface area (Å²) in [6.07, 6.45) is 3.97. The van der Waals surface area contributed by atoms with E-state index in [1.807, 2.05) is 11.0 Å². The molecule has 1 amide bonds. The predicted molar refractivity (Wildman–Crippen MR) is 98.0 cm³/mol. The lowest BCUT2D eigenvalue weighted by molar-refractivity contribution is 0.0617. The third-order valence-electron chi connectivity index (χ3n) is 5.11. The number of amides is 1. The molecule has 4 rings (SSSR count). The van der Waals surface area contributed by atoms with Gasteiger partial charge in [-0.15, -0.1) is 12.4 Å². The topological polar surface area (TPSA) is 49.6 Å². The first-order valence-electron chi connectivity index (χ1n) is 8.94. The molecule has 5 nitrogen and oxygen atoms in total. The largest absolute Gasteiger partial charge is 0.360 e. The van der Waals surface area contributed by atoms with E-state index >= 15 is 0 Å². The standard InChI is InChI=1S/C19H22FN3O2.ClH/c20-15-5-3-4-14(12-15)13-22-8-10-23(11-9-22)19(24)18-16-6-1-2-7-17(16)25-21-18;/h3-5,12H,1-2,6-11,13H2;1H. The summed E-state index contributed by atoms with van der Waals surface area (Å²) in [6.45, 7) is 3.59.